The molecular formula is C13H16O10. The van der Waals surface area contributed by atoms with Gasteiger partial charge < -0.3 is 25.2 Å². The van der Waals surface area contributed by atoms with Gasteiger partial charge in [-0.1, -0.05) is 13.3 Å². The Balaban J connectivity index is 0. The Kier molecular flexibility index (Phi) is 12.3. The Labute approximate surface area is 130 Å². The lowest BCUT2D eigenvalue weighted by molar-refractivity contribution is -0.153. The van der Waals surface area contributed by atoms with Crippen molar-refractivity contribution in [2.45, 2.75) is 25.9 Å². The zero-order valence-corrected chi connectivity index (χ0v) is 12.0. The van der Waals surface area contributed by atoms with Crippen LogP contribution in [-0.2, 0) is 28.7 Å². The van der Waals surface area contributed by atoms with Crippen molar-refractivity contribution in [2.75, 3.05) is 0 Å². The van der Waals surface area contributed by atoms with E-state index in [1.165, 1.54) is 0 Å². The average Bonchev–Trinajstić information content (AvgIpc) is 2.43. The fourth-order valence-corrected chi connectivity index (χ4v) is 0.843. The summed E-state index contributed by atoms with van der Waals surface area (Å²) >= 11 is 0. The third kappa shape index (κ3) is 16.9. The van der Waals surface area contributed by atoms with Crippen LogP contribution < -0.4 is 0 Å². The van der Waals surface area contributed by atoms with Crippen LogP contribution in [0.3, 0.4) is 0 Å². The molecule has 0 aliphatic rings. The molecule has 0 aromatic rings. The Morgan fingerprint density at radius 1 is 0.870 bits per heavy atom. The van der Waals surface area contributed by atoms with Gasteiger partial charge in [-0.05, 0) is 6.42 Å². The van der Waals surface area contributed by atoms with E-state index in [9.17, 15) is 24.0 Å². The number of carbonyl (C=O) groups is 5. The summed E-state index contributed by atoms with van der Waals surface area (Å²) in [5, 5.41) is 32.8. The molecule has 0 bridgehead atoms. The van der Waals surface area contributed by atoms with Gasteiger partial charge in [0.15, 0.2) is 6.10 Å². The maximum atomic E-state index is 10.6. The van der Waals surface area contributed by atoms with Crippen molar-refractivity contribution in [3.8, 4) is 0 Å². The van der Waals surface area contributed by atoms with Crippen LogP contribution in [0.15, 0.2) is 24.3 Å². The summed E-state index contributed by atoms with van der Waals surface area (Å²) in [6, 6.07) is 0. The summed E-state index contributed by atoms with van der Waals surface area (Å²) in [5.74, 6) is -6.28. The lowest BCUT2D eigenvalue weighted by Gasteiger charge is -1.99. The minimum atomic E-state index is -1.37. The minimum Gasteiger partial charge on any atom is -0.479 e. The number of carboxylic acid groups (broad SMARTS) is 3. The normalized spacial score (nSPS) is 11.4. The SMILES string of the molecule is CCCC(O)C(=O)O.O=C(O)/C=C\C(=O)OC(=O)/C=C\C(=O)O. The number of hydrogen-bond acceptors (Lipinski definition) is 7. The molecule has 0 radical (unpaired) electrons. The smallest absolute Gasteiger partial charge is 0.338 e. The van der Waals surface area contributed by atoms with E-state index in [4.69, 9.17) is 20.4 Å². The molecule has 0 aliphatic heterocycles. The number of aliphatic carboxylic acids is 3. The van der Waals surface area contributed by atoms with E-state index in [0.29, 0.717) is 37.1 Å². The molecule has 4 N–H and O–H groups in total. The first-order valence-electron chi connectivity index (χ1n) is 6.08. The largest absolute Gasteiger partial charge is 0.479 e. The molecule has 1 unspecified atom stereocenters. The number of rotatable bonds is 7. The number of aliphatic hydroxyl groups excluding tert-OH is 1. The molecule has 10 heteroatoms. The van der Waals surface area contributed by atoms with Gasteiger partial charge in [0.1, 0.15) is 0 Å². The molecule has 0 heterocycles. The van der Waals surface area contributed by atoms with Gasteiger partial charge >= 0.3 is 29.8 Å². The van der Waals surface area contributed by atoms with Crippen molar-refractivity contribution >= 4 is 29.8 Å². The summed E-state index contributed by atoms with van der Waals surface area (Å²) in [6.45, 7) is 1.83. The molecule has 0 aromatic heterocycles. The second-order valence-corrected chi connectivity index (χ2v) is 3.73. The molecule has 128 valence electrons. The highest BCUT2D eigenvalue weighted by atomic mass is 16.6. The first-order valence-corrected chi connectivity index (χ1v) is 6.08. The first kappa shape index (κ1) is 22.3. The second kappa shape index (κ2) is 12.7. The zero-order chi connectivity index (χ0) is 18.4. The van der Waals surface area contributed by atoms with Crippen molar-refractivity contribution in [2.24, 2.45) is 0 Å². The molecule has 1 atom stereocenters. The van der Waals surface area contributed by atoms with Gasteiger partial charge in [0.25, 0.3) is 0 Å². The van der Waals surface area contributed by atoms with Gasteiger partial charge in [0, 0.05) is 24.3 Å². The van der Waals surface area contributed by atoms with Gasteiger partial charge in [-0.3, -0.25) is 0 Å². The topological polar surface area (TPSA) is 176 Å². The van der Waals surface area contributed by atoms with E-state index in [-0.39, 0.29) is 0 Å². The fraction of sp³-hybridized carbons (Fsp3) is 0.308. The molecule has 23 heavy (non-hydrogen) atoms. The minimum absolute atomic E-state index is 0.343. The van der Waals surface area contributed by atoms with E-state index >= 15 is 0 Å². The van der Waals surface area contributed by atoms with Gasteiger partial charge in [-0.15, -0.1) is 0 Å². The Morgan fingerprint density at radius 2 is 1.26 bits per heavy atom. The lowest BCUT2D eigenvalue weighted by Crippen LogP contribution is -2.18. The quantitative estimate of drug-likeness (QED) is 0.272. The van der Waals surface area contributed by atoms with Crippen LogP contribution in [-0.4, -0.2) is 56.4 Å². The van der Waals surface area contributed by atoms with Gasteiger partial charge in [0.2, 0.25) is 0 Å². The predicted molar refractivity (Wildman–Crippen MR) is 73.2 cm³/mol. The number of esters is 2. The maximum Gasteiger partial charge on any atom is 0.338 e. The van der Waals surface area contributed by atoms with E-state index in [1.54, 1.807) is 0 Å². The summed E-state index contributed by atoms with van der Waals surface area (Å²) in [4.78, 5) is 51.0. The Hall–Kier alpha value is -3.01. The monoisotopic (exact) mass is 332 g/mol. The van der Waals surface area contributed by atoms with Crippen molar-refractivity contribution < 1.29 is 49.1 Å². The van der Waals surface area contributed by atoms with E-state index < -0.39 is 36.0 Å². The number of carboxylic acids is 3. The third-order valence-corrected chi connectivity index (χ3v) is 1.77. The van der Waals surface area contributed by atoms with Gasteiger partial charge in [0.05, 0.1) is 0 Å². The molecule has 0 aromatic carbocycles. The zero-order valence-electron chi connectivity index (χ0n) is 12.0. The Morgan fingerprint density at radius 3 is 1.48 bits per heavy atom. The molecule has 0 spiro atoms. The number of carbonyl (C=O) groups excluding carboxylic acids is 2. The van der Waals surface area contributed by atoms with Crippen LogP contribution in [0.2, 0.25) is 0 Å². The first-order chi connectivity index (χ1) is 10.6. The molecule has 10 nitrogen and oxygen atoms in total. The van der Waals surface area contributed by atoms with Crippen molar-refractivity contribution in [1.82, 2.24) is 0 Å². The fourth-order valence-electron chi connectivity index (χ4n) is 0.843. The van der Waals surface area contributed by atoms with Crippen LogP contribution in [0.1, 0.15) is 19.8 Å². The van der Waals surface area contributed by atoms with E-state index in [0.717, 1.165) is 0 Å². The van der Waals surface area contributed by atoms with Crippen LogP contribution >= 0.6 is 0 Å². The molecule has 0 fully saturated rings. The molecule has 0 aliphatic carbocycles. The molecule has 0 amide bonds. The Bertz CT molecular complexity index is 469. The molecular weight excluding hydrogens is 316 g/mol. The maximum absolute atomic E-state index is 10.6. The number of ether oxygens (including phenoxy) is 1. The highest BCUT2D eigenvalue weighted by Crippen LogP contribution is 1.94. The highest BCUT2D eigenvalue weighted by molar-refractivity contribution is 6.00. The van der Waals surface area contributed by atoms with Crippen molar-refractivity contribution in [1.29, 1.82) is 0 Å². The summed E-state index contributed by atoms with van der Waals surface area (Å²) in [5.41, 5.74) is 0. The van der Waals surface area contributed by atoms with Crippen molar-refractivity contribution in [3.05, 3.63) is 24.3 Å². The molecule has 0 saturated heterocycles. The highest BCUT2D eigenvalue weighted by Gasteiger charge is 2.09. The van der Waals surface area contributed by atoms with Crippen molar-refractivity contribution in [3.63, 3.8) is 0 Å². The predicted octanol–water partition coefficient (Wildman–Crippen LogP) is -0.430. The standard InChI is InChI=1S/C8H6O7.C5H10O3/c9-5(10)1-3-7(13)15-8(14)4-2-6(11)12;1-2-3-4(6)5(7)8/h1-4H,(H,9,10)(H,11,12);4,6H,2-3H2,1H3,(H,7,8)/b3-1-,4-2-;. The van der Waals surface area contributed by atoms with E-state index in [1.807, 2.05) is 6.92 Å². The third-order valence-electron chi connectivity index (χ3n) is 1.77. The second-order valence-electron chi connectivity index (χ2n) is 3.73. The van der Waals surface area contributed by atoms with Crippen LogP contribution in [0.5, 0.6) is 0 Å². The lowest BCUT2D eigenvalue weighted by atomic mass is 10.2. The van der Waals surface area contributed by atoms with Gasteiger partial charge in [-0.25, -0.2) is 24.0 Å². The number of hydrogen-bond donors (Lipinski definition) is 4. The molecule has 0 saturated carbocycles. The summed E-state index contributed by atoms with van der Waals surface area (Å²) in [7, 11) is 0. The van der Waals surface area contributed by atoms with E-state index in [2.05, 4.69) is 4.74 Å². The summed E-state index contributed by atoms with van der Waals surface area (Å²) in [6.07, 6.45) is 1.89. The van der Waals surface area contributed by atoms with Crippen LogP contribution in [0, 0.1) is 0 Å². The van der Waals surface area contributed by atoms with Crippen LogP contribution in [0.25, 0.3) is 0 Å². The average molecular weight is 332 g/mol. The van der Waals surface area contributed by atoms with Gasteiger partial charge in [-0.2, -0.15) is 0 Å². The summed E-state index contributed by atoms with van der Waals surface area (Å²) < 4.78 is 3.97. The number of aliphatic hydroxyl groups is 1. The van der Waals surface area contributed by atoms with Crippen LogP contribution in [0.4, 0.5) is 0 Å². The molecule has 0 rings (SSSR count).